The number of rotatable bonds is 4. The Labute approximate surface area is 146 Å². The molecule has 1 atom stereocenters. The van der Waals surface area contributed by atoms with Gasteiger partial charge in [-0.15, -0.1) is 10.2 Å². The van der Waals surface area contributed by atoms with Crippen molar-refractivity contribution in [2.75, 3.05) is 13.6 Å². The number of nitrogens with zero attached hydrogens (tertiary/aromatic N) is 4. The zero-order chi connectivity index (χ0) is 17.8. The van der Waals surface area contributed by atoms with Crippen molar-refractivity contribution in [1.82, 2.24) is 30.3 Å². The third-order valence-electron chi connectivity index (χ3n) is 4.42. The molecule has 1 aromatic heterocycles. The molecule has 1 aromatic carbocycles. The fourth-order valence-electron chi connectivity index (χ4n) is 3.12. The predicted molar refractivity (Wildman–Crippen MR) is 91.8 cm³/mol. The Hall–Kier alpha value is -2.90. The second-order valence-electron chi connectivity index (χ2n) is 6.09. The molecule has 2 heterocycles. The van der Waals surface area contributed by atoms with E-state index in [1.165, 1.54) is 0 Å². The van der Waals surface area contributed by atoms with Crippen molar-refractivity contribution in [1.29, 1.82) is 0 Å². The van der Waals surface area contributed by atoms with Crippen molar-refractivity contribution in [3.63, 3.8) is 0 Å². The first-order valence-electron chi connectivity index (χ1n) is 8.29. The van der Waals surface area contributed by atoms with Gasteiger partial charge in [-0.1, -0.05) is 12.1 Å². The van der Waals surface area contributed by atoms with E-state index in [1.54, 1.807) is 30.4 Å². The van der Waals surface area contributed by atoms with Gasteiger partial charge in [0.1, 0.15) is 6.33 Å². The van der Waals surface area contributed by atoms with E-state index >= 15 is 0 Å². The highest BCUT2D eigenvalue weighted by atomic mass is 16.2. The molecule has 2 aromatic rings. The fourth-order valence-corrected chi connectivity index (χ4v) is 3.12. The number of aryl methyl sites for hydroxylation is 1. The molecule has 8 heteroatoms. The summed E-state index contributed by atoms with van der Waals surface area (Å²) < 4.78 is 1.85. The van der Waals surface area contributed by atoms with Crippen LogP contribution >= 0.6 is 0 Å². The quantitative estimate of drug-likeness (QED) is 0.874. The van der Waals surface area contributed by atoms with Crippen molar-refractivity contribution in [3.8, 4) is 0 Å². The lowest BCUT2D eigenvalue weighted by Gasteiger charge is -2.24. The number of likely N-dealkylation sites (tertiary alicyclic amines) is 1. The summed E-state index contributed by atoms with van der Waals surface area (Å²) in [5, 5.41) is 13.6. The monoisotopic (exact) mass is 342 g/mol. The molecule has 3 rings (SSSR count). The number of benzene rings is 1. The van der Waals surface area contributed by atoms with Crippen molar-refractivity contribution in [3.05, 3.63) is 47.5 Å². The molecule has 1 aliphatic heterocycles. The molecule has 8 nitrogen and oxygen atoms in total. The summed E-state index contributed by atoms with van der Waals surface area (Å²) in [6.45, 7) is 1.06. The Morgan fingerprint density at radius 3 is 2.92 bits per heavy atom. The number of nitrogens with one attached hydrogen (secondary N) is 2. The predicted octanol–water partition coefficient (Wildman–Crippen LogP) is 1.22. The Bertz CT molecular complexity index is 772. The Morgan fingerprint density at radius 1 is 1.36 bits per heavy atom. The third kappa shape index (κ3) is 3.62. The van der Waals surface area contributed by atoms with Gasteiger partial charge in [-0.05, 0) is 30.5 Å². The number of hydrogen-bond acceptors (Lipinski definition) is 4. The van der Waals surface area contributed by atoms with Gasteiger partial charge < -0.3 is 20.1 Å². The second kappa shape index (κ2) is 7.33. The molecule has 25 heavy (non-hydrogen) atoms. The van der Waals surface area contributed by atoms with Crippen molar-refractivity contribution in [2.24, 2.45) is 7.05 Å². The summed E-state index contributed by atoms with van der Waals surface area (Å²) in [6, 6.07) is 7.04. The molecule has 2 N–H and O–H groups in total. The van der Waals surface area contributed by atoms with E-state index in [0.717, 1.165) is 24.2 Å². The second-order valence-corrected chi connectivity index (χ2v) is 6.09. The number of amides is 3. The first kappa shape index (κ1) is 16.9. The number of aromatic nitrogens is 3. The molecule has 0 saturated carbocycles. The number of urea groups is 1. The van der Waals surface area contributed by atoms with E-state index in [4.69, 9.17) is 0 Å². The van der Waals surface area contributed by atoms with Crippen LogP contribution in [0.25, 0.3) is 0 Å². The van der Waals surface area contributed by atoms with Gasteiger partial charge in [0, 0.05) is 32.7 Å². The number of hydrogen-bond donors (Lipinski definition) is 2. The van der Waals surface area contributed by atoms with Gasteiger partial charge in [0.25, 0.3) is 5.91 Å². The van der Waals surface area contributed by atoms with Gasteiger partial charge in [0.2, 0.25) is 0 Å². The van der Waals surface area contributed by atoms with Crippen LogP contribution in [-0.2, 0) is 13.6 Å². The van der Waals surface area contributed by atoms with Crippen molar-refractivity contribution in [2.45, 2.75) is 25.4 Å². The van der Waals surface area contributed by atoms with Gasteiger partial charge in [-0.2, -0.15) is 0 Å². The highest BCUT2D eigenvalue weighted by molar-refractivity contribution is 5.94. The summed E-state index contributed by atoms with van der Waals surface area (Å²) in [4.78, 5) is 26.1. The van der Waals surface area contributed by atoms with Crippen LogP contribution in [0.1, 0.15) is 40.6 Å². The van der Waals surface area contributed by atoms with Crippen LogP contribution in [0.15, 0.2) is 30.6 Å². The SMILES string of the molecule is CNC(=O)c1cccc(CNC(=O)N2CCCC2c2nncn2C)c1. The summed E-state index contributed by atoms with van der Waals surface area (Å²) in [6.07, 6.45) is 3.47. The molecule has 0 radical (unpaired) electrons. The van der Waals surface area contributed by atoms with Crippen LogP contribution in [0.3, 0.4) is 0 Å². The summed E-state index contributed by atoms with van der Waals surface area (Å²) in [7, 11) is 3.48. The van der Waals surface area contributed by atoms with E-state index in [2.05, 4.69) is 20.8 Å². The smallest absolute Gasteiger partial charge is 0.318 e. The average Bonchev–Trinajstić information content (AvgIpc) is 3.27. The molecule has 3 amide bonds. The summed E-state index contributed by atoms with van der Waals surface area (Å²) in [5.74, 6) is 0.657. The van der Waals surface area contributed by atoms with E-state index in [9.17, 15) is 9.59 Å². The lowest BCUT2D eigenvalue weighted by Crippen LogP contribution is -2.39. The molecular weight excluding hydrogens is 320 g/mol. The minimum Gasteiger partial charge on any atom is -0.355 e. The maximum absolute atomic E-state index is 12.6. The van der Waals surface area contributed by atoms with E-state index < -0.39 is 0 Å². The van der Waals surface area contributed by atoms with E-state index in [-0.39, 0.29) is 18.0 Å². The van der Waals surface area contributed by atoms with Gasteiger partial charge >= 0.3 is 6.03 Å². The maximum Gasteiger partial charge on any atom is 0.318 e. The Balaban J connectivity index is 1.64. The molecule has 1 saturated heterocycles. The minimum atomic E-state index is -0.143. The van der Waals surface area contributed by atoms with Crippen LogP contribution in [0.4, 0.5) is 4.79 Å². The van der Waals surface area contributed by atoms with Gasteiger partial charge in [-0.25, -0.2) is 4.79 Å². The fraction of sp³-hybridized carbons (Fsp3) is 0.412. The molecule has 1 fully saturated rings. The van der Waals surface area contributed by atoms with Crippen LogP contribution in [0, 0.1) is 0 Å². The van der Waals surface area contributed by atoms with Gasteiger partial charge in [-0.3, -0.25) is 4.79 Å². The summed E-state index contributed by atoms with van der Waals surface area (Å²) in [5.41, 5.74) is 1.45. The highest BCUT2D eigenvalue weighted by Crippen LogP contribution is 2.30. The van der Waals surface area contributed by atoms with E-state index in [1.807, 2.05) is 23.7 Å². The average molecular weight is 342 g/mol. The topological polar surface area (TPSA) is 92.2 Å². The van der Waals surface area contributed by atoms with Crippen LogP contribution < -0.4 is 10.6 Å². The molecule has 1 aliphatic rings. The molecule has 132 valence electrons. The molecular formula is C17H22N6O2. The maximum atomic E-state index is 12.6. The van der Waals surface area contributed by atoms with Gasteiger partial charge in [0.05, 0.1) is 6.04 Å². The Kier molecular flexibility index (Phi) is 4.97. The lowest BCUT2D eigenvalue weighted by molar-refractivity contribution is 0.0963. The first-order valence-corrected chi connectivity index (χ1v) is 8.29. The first-order chi connectivity index (χ1) is 12.1. The van der Waals surface area contributed by atoms with Gasteiger partial charge in [0.15, 0.2) is 5.82 Å². The molecule has 0 aliphatic carbocycles. The van der Waals surface area contributed by atoms with Crippen LogP contribution in [-0.4, -0.2) is 45.2 Å². The van der Waals surface area contributed by atoms with Crippen molar-refractivity contribution >= 4 is 11.9 Å². The number of carbonyl (C=O) groups is 2. The largest absolute Gasteiger partial charge is 0.355 e. The summed E-state index contributed by atoms with van der Waals surface area (Å²) >= 11 is 0. The van der Waals surface area contributed by atoms with Crippen LogP contribution in [0.5, 0.6) is 0 Å². The van der Waals surface area contributed by atoms with Crippen LogP contribution in [0.2, 0.25) is 0 Å². The zero-order valence-electron chi connectivity index (χ0n) is 14.4. The molecule has 0 bridgehead atoms. The van der Waals surface area contributed by atoms with Crippen molar-refractivity contribution < 1.29 is 9.59 Å². The molecule has 1 unspecified atom stereocenters. The number of carbonyl (C=O) groups excluding carboxylic acids is 2. The lowest BCUT2D eigenvalue weighted by atomic mass is 10.1. The Morgan fingerprint density at radius 2 is 2.20 bits per heavy atom. The zero-order valence-corrected chi connectivity index (χ0v) is 14.4. The normalized spacial score (nSPS) is 16.7. The standard InChI is InChI=1S/C17H22N6O2/c1-18-16(24)13-6-3-5-12(9-13)10-19-17(25)23-8-4-7-14(23)15-21-20-11-22(15)2/h3,5-6,9,11,14H,4,7-8,10H2,1-2H3,(H,18,24)(H,19,25). The molecule has 0 spiro atoms. The minimum absolute atomic E-state index is 0.0512. The third-order valence-corrected chi connectivity index (χ3v) is 4.42. The van der Waals surface area contributed by atoms with E-state index in [0.29, 0.717) is 18.7 Å². The highest BCUT2D eigenvalue weighted by Gasteiger charge is 2.32.